The van der Waals surface area contributed by atoms with E-state index >= 15 is 0 Å². The van der Waals surface area contributed by atoms with Gasteiger partial charge in [0.2, 0.25) is 5.91 Å². The van der Waals surface area contributed by atoms with Gasteiger partial charge >= 0.3 is 5.97 Å². The highest BCUT2D eigenvalue weighted by Gasteiger charge is 2.41. The molecule has 2 aliphatic rings. The molecule has 2 aliphatic heterocycles. The minimum Gasteiger partial charge on any atom is -0.493 e. The van der Waals surface area contributed by atoms with Crippen LogP contribution in [-0.4, -0.2) is 60.8 Å². The largest absolute Gasteiger partial charge is 0.493 e. The maximum Gasteiger partial charge on any atom is 0.338 e. The number of hydrogen-bond donors (Lipinski definition) is 0. The summed E-state index contributed by atoms with van der Waals surface area (Å²) in [7, 11) is 4.92. The lowest BCUT2D eigenvalue weighted by atomic mass is 9.93. The third-order valence-electron chi connectivity index (χ3n) is 5.52. The highest BCUT2D eigenvalue weighted by molar-refractivity contribution is 8.16. The summed E-state index contributed by atoms with van der Waals surface area (Å²) in [6.07, 6.45) is -0.0805. The molecule has 0 saturated heterocycles. The van der Waals surface area contributed by atoms with Gasteiger partial charge in [0, 0.05) is 19.3 Å². The number of carbonyl (C=O) groups excluding carboxylic acids is 2. The molecule has 1 aromatic rings. The zero-order valence-electron chi connectivity index (χ0n) is 20.2. The Morgan fingerprint density at radius 3 is 2.52 bits per heavy atom. The molecule has 0 bridgehead atoms. The molecule has 9 heteroatoms. The number of nitrogens with zero attached hydrogens (tertiary/aromatic N) is 3. The average molecular weight is 474 g/mol. The number of amides is 1. The molecular formula is C24H31N3O5S. The lowest BCUT2D eigenvalue weighted by Crippen LogP contribution is -2.38. The second-order valence-electron chi connectivity index (χ2n) is 8.05. The summed E-state index contributed by atoms with van der Waals surface area (Å²) in [6.45, 7) is 7.98. The van der Waals surface area contributed by atoms with Gasteiger partial charge in [-0.05, 0) is 50.8 Å². The molecule has 0 aromatic heterocycles. The van der Waals surface area contributed by atoms with E-state index in [-0.39, 0.29) is 18.4 Å². The minimum atomic E-state index is -0.524. The first-order chi connectivity index (χ1) is 15.7. The number of benzene rings is 1. The Labute approximate surface area is 199 Å². The van der Waals surface area contributed by atoms with Crippen molar-refractivity contribution in [1.82, 2.24) is 9.80 Å². The first kappa shape index (κ1) is 24.7. The number of rotatable bonds is 8. The van der Waals surface area contributed by atoms with E-state index < -0.39 is 12.0 Å². The van der Waals surface area contributed by atoms with Crippen LogP contribution < -0.4 is 9.47 Å². The molecule has 1 aromatic carbocycles. The maximum absolute atomic E-state index is 13.2. The molecule has 0 spiro atoms. The minimum absolute atomic E-state index is 0.00533. The second kappa shape index (κ2) is 10.3. The Balaban J connectivity index is 2.11. The van der Waals surface area contributed by atoms with Gasteiger partial charge in [0.25, 0.3) is 0 Å². The van der Waals surface area contributed by atoms with Gasteiger partial charge in [-0.15, -0.1) is 0 Å². The normalized spacial score (nSPS) is 17.5. The van der Waals surface area contributed by atoms with Gasteiger partial charge in [-0.1, -0.05) is 17.8 Å². The molecule has 1 amide bonds. The number of methoxy groups -OCH3 is 2. The molecule has 178 valence electrons. The predicted octanol–water partition coefficient (Wildman–Crippen LogP) is 4.10. The molecule has 0 radical (unpaired) electrons. The fourth-order valence-corrected chi connectivity index (χ4v) is 4.68. The van der Waals surface area contributed by atoms with Gasteiger partial charge in [0.15, 0.2) is 16.7 Å². The van der Waals surface area contributed by atoms with Crippen LogP contribution >= 0.6 is 11.8 Å². The van der Waals surface area contributed by atoms with Gasteiger partial charge < -0.3 is 24.0 Å². The van der Waals surface area contributed by atoms with Gasteiger partial charge in [-0.2, -0.15) is 0 Å². The molecule has 0 fully saturated rings. The number of carbonyl (C=O) groups is 2. The molecule has 33 heavy (non-hydrogen) atoms. The predicted molar refractivity (Wildman–Crippen MR) is 129 cm³/mol. The van der Waals surface area contributed by atoms with E-state index in [2.05, 4.69) is 4.99 Å². The summed E-state index contributed by atoms with van der Waals surface area (Å²) >= 11 is 1.44. The van der Waals surface area contributed by atoms with Crippen LogP contribution in [0.1, 0.15) is 45.7 Å². The fraction of sp³-hybridized carbons (Fsp3) is 0.458. The van der Waals surface area contributed by atoms with E-state index in [1.54, 1.807) is 26.2 Å². The van der Waals surface area contributed by atoms with Crippen LogP contribution in [0.4, 0.5) is 0 Å². The summed E-state index contributed by atoms with van der Waals surface area (Å²) in [6, 6.07) is 5.03. The van der Waals surface area contributed by atoms with Crippen molar-refractivity contribution < 1.29 is 23.8 Å². The number of allylic oxidation sites excluding steroid dienone is 1. The third-order valence-corrected chi connectivity index (χ3v) is 6.41. The summed E-state index contributed by atoms with van der Waals surface area (Å²) < 4.78 is 16.5. The van der Waals surface area contributed by atoms with Gasteiger partial charge in [-0.3, -0.25) is 4.79 Å². The molecule has 3 rings (SSSR count). The van der Waals surface area contributed by atoms with Gasteiger partial charge in [-0.25, -0.2) is 9.79 Å². The number of hydrogen-bond acceptors (Lipinski definition) is 8. The second-order valence-corrected chi connectivity index (χ2v) is 8.88. The van der Waals surface area contributed by atoms with Crippen molar-refractivity contribution in [1.29, 1.82) is 0 Å². The summed E-state index contributed by atoms with van der Waals surface area (Å²) in [5, 5.41) is 2.65. The van der Waals surface area contributed by atoms with Gasteiger partial charge in [0.1, 0.15) is 0 Å². The van der Waals surface area contributed by atoms with Gasteiger partial charge in [0.05, 0.1) is 44.1 Å². The Morgan fingerprint density at radius 2 is 1.91 bits per heavy atom. The molecular weight excluding hydrogens is 442 g/mol. The van der Waals surface area contributed by atoms with Crippen molar-refractivity contribution in [3.05, 3.63) is 46.1 Å². The van der Waals surface area contributed by atoms with E-state index in [0.29, 0.717) is 29.3 Å². The number of ether oxygens (including phenoxy) is 3. The molecule has 1 atom stereocenters. The molecule has 0 aliphatic carbocycles. The van der Waals surface area contributed by atoms with Crippen molar-refractivity contribution in [2.24, 2.45) is 4.99 Å². The molecule has 8 nitrogen and oxygen atoms in total. The third kappa shape index (κ3) is 5.03. The smallest absolute Gasteiger partial charge is 0.338 e. The standard InChI is InChI=1S/C24H31N3O5S/c1-8-26(5)20(28)12-17-13-33-24-25-15(4)21(23(29)32-14(2)3)22(27(17)24)16-9-10-18(30-6)19(11-16)31-7/h9-11,13-14,22H,8,12H2,1-7H3. The van der Waals surface area contributed by atoms with Crippen molar-refractivity contribution in [2.45, 2.75) is 46.3 Å². The van der Waals surface area contributed by atoms with E-state index in [1.807, 2.05) is 56.2 Å². The van der Waals surface area contributed by atoms with Crippen molar-refractivity contribution >= 4 is 28.8 Å². The lowest BCUT2D eigenvalue weighted by Gasteiger charge is -2.37. The number of fused-ring (bicyclic) bond motifs is 1. The van der Waals surface area contributed by atoms with E-state index in [4.69, 9.17) is 14.2 Å². The Bertz CT molecular complexity index is 1030. The monoisotopic (exact) mass is 473 g/mol. The molecule has 0 saturated carbocycles. The highest BCUT2D eigenvalue weighted by Crippen LogP contribution is 2.46. The van der Waals surface area contributed by atoms with E-state index in [0.717, 1.165) is 16.4 Å². The quantitative estimate of drug-likeness (QED) is 0.526. The molecule has 0 N–H and O–H groups in total. The van der Waals surface area contributed by atoms with Crippen molar-refractivity contribution in [3.8, 4) is 11.5 Å². The number of aliphatic imine (C=N–C) groups is 1. The maximum atomic E-state index is 13.2. The Hall–Kier alpha value is -2.94. The van der Waals surface area contributed by atoms with Crippen LogP contribution in [0.2, 0.25) is 0 Å². The summed E-state index contributed by atoms with van der Waals surface area (Å²) in [4.78, 5) is 34.3. The fourth-order valence-electron chi connectivity index (χ4n) is 3.71. The average Bonchev–Trinajstić information content (AvgIpc) is 3.18. The zero-order valence-corrected chi connectivity index (χ0v) is 21.0. The zero-order chi connectivity index (χ0) is 24.3. The van der Waals surface area contributed by atoms with Crippen LogP contribution in [-0.2, 0) is 14.3 Å². The summed E-state index contributed by atoms with van der Waals surface area (Å²) in [5.74, 6) is 0.698. The van der Waals surface area contributed by atoms with E-state index in [9.17, 15) is 9.59 Å². The van der Waals surface area contributed by atoms with Crippen LogP contribution in [0.15, 0.2) is 45.6 Å². The van der Waals surface area contributed by atoms with Crippen LogP contribution in [0, 0.1) is 0 Å². The van der Waals surface area contributed by atoms with Crippen LogP contribution in [0.5, 0.6) is 11.5 Å². The van der Waals surface area contributed by atoms with Crippen LogP contribution in [0.3, 0.4) is 0 Å². The summed E-state index contributed by atoms with van der Waals surface area (Å²) in [5.41, 5.74) is 2.61. The van der Waals surface area contributed by atoms with Crippen molar-refractivity contribution in [3.63, 3.8) is 0 Å². The van der Waals surface area contributed by atoms with E-state index in [1.165, 1.54) is 11.8 Å². The molecule has 2 heterocycles. The topological polar surface area (TPSA) is 80.7 Å². The lowest BCUT2D eigenvalue weighted by molar-refractivity contribution is -0.143. The Kier molecular flexibility index (Phi) is 7.73. The molecule has 1 unspecified atom stereocenters. The highest BCUT2D eigenvalue weighted by atomic mass is 32.2. The first-order valence-electron chi connectivity index (χ1n) is 10.8. The number of thioether (sulfide) groups is 1. The SMILES string of the molecule is CCN(C)C(=O)CC1=CSC2=NC(C)=C(C(=O)OC(C)C)C(c3ccc(OC)c(OC)c3)N12. The first-order valence-corrected chi connectivity index (χ1v) is 11.7. The number of amidine groups is 1. The van der Waals surface area contributed by atoms with Crippen LogP contribution in [0.25, 0.3) is 0 Å². The van der Waals surface area contributed by atoms with Crippen molar-refractivity contribution in [2.75, 3.05) is 27.8 Å². The Morgan fingerprint density at radius 1 is 1.21 bits per heavy atom. The number of esters is 1.